The van der Waals surface area contributed by atoms with Crippen LogP contribution in [0.15, 0.2) is 42.5 Å². The van der Waals surface area contributed by atoms with Crippen LogP contribution in [0.3, 0.4) is 0 Å². The molecule has 26 heavy (non-hydrogen) atoms. The van der Waals surface area contributed by atoms with Gasteiger partial charge in [-0.2, -0.15) is 0 Å². The molecule has 0 saturated carbocycles. The van der Waals surface area contributed by atoms with Gasteiger partial charge in [0, 0.05) is 11.1 Å². The van der Waals surface area contributed by atoms with E-state index in [-0.39, 0.29) is 6.10 Å². The standard InChI is InChI=1S/C20H21ClO5/c1-13(15-6-8-16(21)9-7-15)26-19(22)10-5-14-11-17(23-2)20(25-4)18(12-14)24-3/h5-13H,1-4H3/b10-5+/t13-/m0/s1. The number of carbonyl (C=O) groups is 1. The molecule has 0 spiro atoms. The Hall–Kier alpha value is -2.66. The summed E-state index contributed by atoms with van der Waals surface area (Å²) in [7, 11) is 4.60. The third-order valence-electron chi connectivity index (χ3n) is 3.73. The molecule has 138 valence electrons. The summed E-state index contributed by atoms with van der Waals surface area (Å²) < 4.78 is 21.3. The van der Waals surface area contributed by atoms with E-state index in [1.807, 2.05) is 12.1 Å². The SMILES string of the molecule is COc1cc(/C=C/C(=O)O[C@@H](C)c2ccc(Cl)cc2)cc(OC)c1OC. The van der Waals surface area contributed by atoms with E-state index in [4.69, 9.17) is 30.5 Å². The Morgan fingerprint density at radius 2 is 1.58 bits per heavy atom. The van der Waals surface area contributed by atoms with Crippen LogP contribution >= 0.6 is 11.6 Å². The lowest BCUT2D eigenvalue weighted by Gasteiger charge is -2.13. The zero-order valence-electron chi connectivity index (χ0n) is 15.1. The zero-order valence-corrected chi connectivity index (χ0v) is 15.9. The Balaban J connectivity index is 2.11. The van der Waals surface area contributed by atoms with Crippen LogP contribution in [0.1, 0.15) is 24.2 Å². The number of halogens is 1. The molecule has 0 aliphatic heterocycles. The Labute approximate surface area is 158 Å². The second-order valence-electron chi connectivity index (χ2n) is 5.42. The normalized spacial score (nSPS) is 11.9. The molecule has 0 aliphatic rings. The lowest BCUT2D eigenvalue weighted by atomic mass is 10.1. The lowest BCUT2D eigenvalue weighted by Crippen LogP contribution is -2.06. The minimum absolute atomic E-state index is 0.385. The van der Waals surface area contributed by atoms with E-state index in [0.717, 1.165) is 11.1 Å². The minimum Gasteiger partial charge on any atom is -0.493 e. The first-order valence-electron chi connectivity index (χ1n) is 7.92. The third kappa shape index (κ3) is 4.92. The van der Waals surface area contributed by atoms with Gasteiger partial charge in [0.25, 0.3) is 0 Å². The zero-order chi connectivity index (χ0) is 19.1. The molecule has 5 nitrogen and oxygen atoms in total. The van der Waals surface area contributed by atoms with Crippen LogP contribution < -0.4 is 14.2 Å². The highest BCUT2D eigenvalue weighted by molar-refractivity contribution is 6.30. The van der Waals surface area contributed by atoms with Crippen molar-refractivity contribution in [1.82, 2.24) is 0 Å². The highest BCUT2D eigenvalue weighted by Gasteiger charge is 2.13. The third-order valence-corrected chi connectivity index (χ3v) is 3.98. The molecule has 0 amide bonds. The van der Waals surface area contributed by atoms with Gasteiger partial charge >= 0.3 is 5.97 Å². The number of hydrogen-bond acceptors (Lipinski definition) is 5. The van der Waals surface area contributed by atoms with Crippen molar-refractivity contribution in [3.8, 4) is 17.2 Å². The van der Waals surface area contributed by atoms with Gasteiger partial charge in [-0.05, 0) is 48.4 Å². The smallest absolute Gasteiger partial charge is 0.331 e. The van der Waals surface area contributed by atoms with Gasteiger partial charge in [0.05, 0.1) is 21.3 Å². The van der Waals surface area contributed by atoms with E-state index in [0.29, 0.717) is 22.3 Å². The largest absolute Gasteiger partial charge is 0.493 e. The van der Waals surface area contributed by atoms with Crippen molar-refractivity contribution < 1.29 is 23.7 Å². The second kappa shape index (κ2) is 9.15. The summed E-state index contributed by atoms with van der Waals surface area (Å²) in [6, 6.07) is 10.6. The summed E-state index contributed by atoms with van der Waals surface area (Å²) >= 11 is 5.86. The number of ether oxygens (including phenoxy) is 4. The number of carbonyl (C=O) groups excluding carboxylic acids is 1. The van der Waals surface area contributed by atoms with E-state index in [2.05, 4.69) is 0 Å². The summed E-state index contributed by atoms with van der Waals surface area (Å²) in [6.07, 6.45) is 2.60. The van der Waals surface area contributed by atoms with Gasteiger partial charge in [-0.15, -0.1) is 0 Å². The highest BCUT2D eigenvalue weighted by Crippen LogP contribution is 2.38. The first-order chi connectivity index (χ1) is 12.5. The number of rotatable bonds is 7. The molecular weight excluding hydrogens is 356 g/mol. The maximum absolute atomic E-state index is 12.1. The van der Waals surface area contributed by atoms with Crippen LogP contribution in [0.2, 0.25) is 5.02 Å². The average molecular weight is 377 g/mol. The Kier molecular flexibility index (Phi) is 6.92. The molecule has 0 N–H and O–H groups in total. The quantitative estimate of drug-likeness (QED) is 0.518. The minimum atomic E-state index is -0.457. The van der Waals surface area contributed by atoms with Crippen molar-refractivity contribution in [2.45, 2.75) is 13.0 Å². The lowest BCUT2D eigenvalue weighted by molar-refractivity contribution is -0.142. The number of hydrogen-bond donors (Lipinski definition) is 0. The molecule has 2 rings (SSSR count). The highest BCUT2D eigenvalue weighted by atomic mass is 35.5. The summed E-state index contributed by atoms with van der Waals surface area (Å²) in [5.41, 5.74) is 1.58. The van der Waals surface area contributed by atoms with Crippen molar-refractivity contribution in [2.75, 3.05) is 21.3 Å². The molecule has 2 aromatic rings. The molecular formula is C20H21ClO5. The topological polar surface area (TPSA) is 54.0 Å². The van der Waals surface area contributed by atoms with E-state index >= 15 is 0 Å². The Morgan fingerprint density at radius 3 is 2.08 bits per heavy atom. The summed E-state index contributed by atoms with van der Waals surface area (Å²) in [5.74, 6) is 1.05. The van der Waals surface area contributed by atoms with Crippen molar-refractivity contribution in [1.29, 1.82) is 0 Å². The summed E-state index contributed by atoms with van der Waals surface area (Å²) in [5, 5.41) is 0.634. The fraction of sp³-hybridized carbons (Fsp3) is 0.250. The van der Waals surface area contributed by atoms with Gasteiger partial charge < -0.3 is 18.9 Å². The number of benzene rings is 2. The van der Waals surface area contributed by atoms with Crippen LogP contribution in [0.5, 0.6) is 17.2 Å². The van der Waals surface area contributed by atoms with E-state index in [9.17, 15) is 4.79 Å². The van der Waals surface area contributed by atoms with Crippen LogP contribution in [0.25, 0.3) is 6.08 Å². The molecule has 0 radical (unpaired) electrons. The van der Waals surface area contributed by atoms with Crippen molar-refractivity contribution in [2.24, 2.45) is 0 Å². The predicted molar refractivity (Wildman–Crippen MR) is 101 cm³/mol. The molecule has 0 aromatic heterocycles. The van der Waals surface area contributed by atoms with Gasteiger partial charge in [-0.3, -0.25) is 0 Å². The van der Waals surface area contributed by atoms with E-state index in [1.54, 1.807) is 37.3 Å². The Bertz CT molecular complexity index is 758. The Morgan fingerprint density at radius 1 is 1.00 bits per heavy atom. The number of methoxy groups -OCH3 is 3. The van der Waals surface area contributed by atoms with Crippen LogP contribution in [0.4, 0.5) is 0 Å². The molecule has 0 heterocycles. The monoisotopic (exact) mass is 376 g/mol. The summed E-state index contributed by atoms with van der Waals surface area (Å²) in [6.45, 7) is 1.80. The number of esters is 1. The maximum Gasteiger partial charge on any atom is 0.331 e. The molecule has 0 aliphatic carbocycles. The molecule has 6 heteroatoms. The van der Waals surface area contributed by atoms with Gasteiger partial charge in [0.1, 0.15) is 6.10 Å². The van der Waals surface area contributed by atoms with Crippen molar-refractivity contribution in [3.05, 3.63) is 58.6 Å². The van der Waals surface area contributed by atoms with Crippen molar-refractivity contribution >= 4 is 23.6 Å². The van der Waals surface area contributed by atoms with Gasteiger partial charge in [0.15, 0.2) is 11.5 Å². The predicted octanol–water partition coefficient (Wildman–Crippen LogP) is 4.68. The van der Waals surface area contributed by atoms with Crippen LogP contribution in [0, 0.1) is 0 Å². The second-order valence-corrected chi connectivity index (χ2v) is 5.86. The molecule has 2 aromatic carbocycles. The van der Waals surface area contributed by atoms with Gasteiger partial charge in [-0.1, -0.05) is 23.7 Å². The van der Waals surface area contributed by atoms with E-state index in [1.165, 1.54) is 27.4 Å². The van der Waals surface area contributed by atoms with Crippen LogP contribution in [-0.4, -0.2) is 27.3 Å². The average Bonchev–Trinajstić information content (AvgIpc) is 2.65. The fourth-order valence-electron chi connectivity index (χ4n) is 2.38. The molecule has 0 fully saturated rings. The maximum atomic E-state index is 12.1. The first kappa shape index (κ1) is 19.7. The van der Waals surface area contributed by atoms with Crippen LogP contribution in [-0.2, 0) is 9.53 Å². The first-order valence-corrected chi connectivity index (χ1v) is 8.30. The summed E-state index contributed by atoms with van der Waals surface area (Å²) in [4.78, 5) is 12.1. The molecule has 0 saturated heterocycles. The van der Waals surface area contributed by atoms with E-state index < -0.39 is 5.97 Å². The van der Waals surface area contributed by atoms with Gasteiger partial charge in [-0.25, -0.2) is 4.79 Å². The molecule has 0 bridgehead atoms. The van der Waals surface area contributed by atoms with Gasteiger partial charge in [0.2, 0.25) is 5.75 Å². The van der Waals surface area contributed by atoms with Crippen molar-refractivity contribution in [3.63, 3.8) is 0 Å². The fourth-order valence-corrected chi connectivity index (χ4v) is 2.50. The molecule has 1 atom stereocenters. The molecule has 0 unspecified atom stereocenters.